The Balaban J connectivity index is 2.15. The summed E-state index contributed by atoms with van der Waals surface area (Å²) in [5, 5.41) is 21.7. The van der Waals surface area contributed by atoms with Crippen LogP contribution in [0.15, 0.2) is 48.5 Å². The molecule has 0 saturated heterocycles. The van der Waals surface area contributed by atoms with Gasteiger partial charge in [-0.2, -0.15) is 0 Å². The Morgan fingerprint density at radius 3 is 2.00 bits per heavy atom. The number of carbonyl (C=O) groups excluding carboxylic acids is 3. The third-order valence-electron chi connectivity index (χ3n) is 6.40. The summed E-state index contributed by atoms with van der Waals surface area (Å²) >= 11 is 0. The van der Waals surface area contributed by atoms with Crippen molar-refractivity contribution in [1.29, 1.82) is 5.41 Å². The Morgan fingerprint density at radius 1 is 0.927 bits per heavy atom. The first-order valence-corrected chi connectivity index (χ1v) is 14.5. The van der Waals surface area contributed by atoms with Crippen LogP contribution in [-0.2, 0) is 36.7 Å². The largest absolute Gasteiger partial charge is 0.478 e. The second-order valence-electron chi connectivity index (χ2n) is 9.64. The molecule has 9 N–H and O–H groups in total. The standard InChI is InChI=1S/C27H36N6O7S/c1-3-16(2)23(33-41(39,40)15-18-6-10-20(11-7-18)27(37)38)26(36)32-21(12-13-22(28)34)25(35)31-14-17-4-8-19(9-5-17)24(29)30/h4-11,16,21,23,33H,3,12-15H2,1-2H3,(H2,28,34)(H3,29,30)(H,31,35)(H,32,36)(H,37,38)/t16?,21-,23+/m0/s1. The summed E-state index contributed by atoms with van der Waals surface area (Å²) in [6.45, 7) is 3.54. The molecular weight excluding hydrogens is 552 g/mol. The number of hydrogen-bond donors (Lipinski definition) is 7. The van der Waals surface area contributed by atoms with Gasteiger partial charge in [-0.05, 0) is 35.6 Å². The number of carboxylic acid groups (broad SMARTS) is 1. The summed E-state index contributed by atoms with van der Waals surface area (Å²) in [6, 6.07) is 9.51. The molecule has 0 fully saturated rings. The third kappa shape index (κ3) is 10.7. The molecular formula is C27H36N6O7S. The van der Waals surface area contributed by atoms with E-state index in [1.54, 1.807) is 38.1 Å². The highest BCUT2D eigenvalue weighted by Gasteiger charge is 2.32. The van der Waals surface area contributed by atoms with Crippen LogP contribution in [0.4, 0.5) is 0 Å². The van der Waals surface area contributed by atoms with Gasteiger partial charge in [0.25, 0.3) is 0 Å². The molecule has 0 heterocycles. The van der Waals surface area contributed by atoms with E-state index in [0.717, 1.165) is 0 Å². The zero-order valence-electron chi connectivity index (χ0n) is 22.8. The maximum Gasteiger partial charge on any atom is 0.335 e. The second kappa shape index (κ2) is 14.9. The summed E-state index contributed by atoms with van der Waals surface area (Å²) in [4.78, 5) is 48.8. The van der Waals surface area contributed by atoms with Crippen molar-refractivity contribution < 1.29 is 32.7 Å². The molecule has 14 heteroatoms. The number of nitrogens with two attached hydrogens (primary N) is 2. The van der Waals surface area contributed by atoms with E-state index in [4.69, 9.17) is 22.0 Å². The lowest BCUT2D eigenvalue weighted by atomic mass is 9.98. The van der Waals surface area contributed by atoms with Crippen molar-refractivity contribution >= 4 is 39.5 Å². The number of benzene rings is 2. The number of amides is 3. The van der Waals surface area contributed by atoms with Gasteiger partial charge in [-0.15, -0.1) is 0 Å². The lowest BCUT2D eigenvalue weighted by Gasteiger charge is -2.26. The zero-order chi connectivity index (χ0) is 30.7. The summed E-state index contributed by atoms with van der Waals surface area (Å²) in [6.07, 6.45) is 0.131. The average molecular weight is 589 g/mol. The Kier molecular flexibility index (Phi) is 12.0. The van der Waals surface area contributed by atoms with Crippen LogP contribution in [0.5, 0.6) is 0 Å². The minimum atomic E-state index is -4.06. The number of amidine groups is 1. The van der Waals surface area contributed by atoms with Gasteiger partial charge in [-0.3, -0.25) is 19.8 Å². The molecule has 2 aromatic carbocycles. The number of nitrogens with one attached hydrogen (secondary N) is 4. The van der Waals surface area contributed by atoms with Crippen molar-refractivity contribution in [3.8, 4) is 0 Å². The third-order valence-corrected chi connectivity index (χ3v) is 7.73. The van der Waals surface area contributed by atoms with Crippen LogP contribution in [0.2, 0.25) is 0 Å². The topological polar surface area (TPSA) is 235 Å². The van der Waals surface area contributed by atoms with Gasteiger partial charge in [0.1, 0.15) is 17.9 Å². The van der Waals surface area contributed by atoms with E-state index in [1.165, 1.54) is 24.3 Å². The molecule has 13 nitrogen and oxygen atoms in total. The fourth-order valence-corrected chi connectivity index (χ4v) is 5.23. The monoisotopic (exact) mass is 588 g/mol. The van der Waals surface area contributed by atoms with E-state index in [1.807, 2.05) is 0 Å². The molecule has 0 aliphatic heterocycles. The van der Waals surface area contributed by atoms with Crippen LogP contribution in [0, 0.1) is 11.3 Å². The van der Waals surface area contributed by atoms with Crippen molar-refractivity contribution in [2.24, 2.45) is 17.4 Å². The fourth-order valence-electron chi connectivity index (χ4n) is 3.79. The van der Waals surface area contributed by atoms with Crippen LogP contribution in [0.25, 0.3) is 0 Å². The Morgan fingerprint density at radius 2 is 1.49 bits per heavy atom. The Labute approximate surface area is 238 Å². The SMILES string of the molecule is CCC(C)[C@@H](NS(=O)(=O)Cc1ccc(C(=O)O)cc1)C(=O)N[C@@H](CCC(N)=O)C(=O)NCc1ccc(C(=N)N)cc1. The van der Waals surface area contributed by atoms with Gasteiger partial charge in [0.15, 0.2) is 0 Å². The Hall–Kier alpha value is -4.30. The van der Waals surface area contributed by atoms with Crippen molar-refractivity contribution in [1.82, 2.24) is 15.4 Å². The van der Waals surface area contributed by atoms with E-state index in [-0.39, 0.29) is 30.8 Å². The van der Waals surface area contributed by atoms with Crippen LogP contribution >= 0.6 is 0 Å². The van der Waals surface area contributed by atoms with Crippen LogP contribution in [-0.4, -0.2) is 55.1 Å². The number of aromatic carboxylic acids is 1. The summed E-state index contributed by atoms with van der Waals surface area (Å²) in [5.74, 6) is -4.23. The molecule has 0 aromatic heterocycles. The number of rotatable bonds is 16. The molecule has 222 valence electrons. The highest BCUT2D eigenvalue weighted by Crippen LogP contribution is 2.14. The van der Waals surface area contributed by atoms with Gasteiger partial charge in [0, 0.05) is 18.5 Å². The van der Waals surface area contributed by atoms with Gasteiger partial charge >= 0.3 is 5.97 Å². The normalized spacial score (nSPS) is 13.4. The highest BCUT2D eigenvalue weighted by molar-refractivity contribution is 7.88. The van der Waals surface area contributed by atoms with E-state index < -0.39 is 57.5 Å². The molecule has 3 atom stereocenters. The van der Waals surface area contributed by atoms with Gasteiger partial charge in [-0.1, -0.05) is 56.7 Å². The smallest absolute Gasteiger partial charge is 0.335 e. The molecule has 0 saturated carbocycles. The Bertz CT molecular complexity index is 1360. The lowest BCUT2D eigenvalue weighted by Crippen LogP contribution is -2.55. The molecule has 0 spiro atoms. The predicted octanol–water partition coefficient (Wildman–Crippen LogP) is 0.570. The van der Waals surface area contributed by atoms with Crippen molar-refractivity contribution in [3.05, 3.63) is 70.8 Å². The molecule has 41 heavy (non-hydrogen) atoms. The van der Waals surface area contributed by atoms with Gasteiger partial charge in [-0.25, -0.2) is 17.9 Å². The summed E-state index contributed by atoms with van der Waals surface area (Å²) in [5.41, 5.74) is 12.2. The van der Waals surface area contributed by atoms with Gasteiger partial charge in [0.05, 0.1) is 11.3 Å². The van der Waals surface area contributed by atoms with Crippen LogP contribution in [0.3, 0.4) is 0 Å². The molecule has 0 radical (unpaired) electrons. The fraction of sp³-hybridized carbons (Fsp3) is 0.370. The van der Waals surface area contributed by atoms with Gasteiger partial charge < -0.3 is 27.2 Å². The number of hydrogen-bond acceptors (Lipinski definition) is 7. The first kappa shape index (κ1) is 32.9. The van der Waals surface area contributed by atoms with E-state index in [2.05, 4.69) is 15.4 Å². The molecule has 1 unspecified atom stereocenters. The summed E-state index contributed by atoms with van der Waals surface area (Å²) in [7, 11) is -4.06. The first-order chi connectivity index (χ1) is 19.2. The molecule has 0 bridgehead atoms. The minimum absolute atomic E-state index is 0.00400. The number of carboxylic acids is 1. The molecule has 2 aromatic rings. The van der Waals surface area contributed by atoms with Gasteiger partial charge in [0.2, 0.25) is 27.7 Å². The van der Waals surface area contributed by atoms with E-state index in [9.17, 15) is 27.6 Å². The maximum atomic E-state index is 13.3. The van der Waals surface area contributed by atoms with Crippen molar-refractivity contribution in [2.75, 3.05) is 0 Å². The van der Waals surface area contributed by atoms with Crippen molar-refractivity contribution in [3.63, 3.8) is 0 Å². The number of nitrogen functional groups attached to an aromatic ring is 1. The molecule has 0 aliphatic carbocycles. The summed E-state index contributed by atoms with van der Waals surface area (Å²) < 4.78 is 28.3. The zero-order valence-corrected chi connectivity index (χ0v) is 23.7. The maximum absolute atomic E-state index is 13.3. The van der Waals surface area contributed by atoms with E-state index >= 15 is 0 Å². The quantitative estimate of drug-likeness (QED) is 0.108. The van der Waals surface area contributed by atoms with E-state index in [0.29, 0.717) is 23.1 Å². The highest BCUT2D eigenvalue weighted by atomic mass is 32.2. The number of primary amides is 1. The molecule has 0 aliphatic rings. The number of carbonyl (C=O) groups is 4. The van der Waals surface area contributed by atoms with Crippen molar-refractivity contribution in [2.45, 2.75) is 57.5 Å². The molecule has 2 rings (SSSR count). The second-order valence-corrected chi connectivity index (χ2v) is 11.4. The minimum Gasteiger partial charge on any atom is -0.478 e. The lowest BCUT2D eigenvalue weighted by molar-refractivity contribution is -0.131. The average Bonchev–Trinajstić information content (AvgIpc) is 2.92. The number of sulfonamides is 1. The van der Waals surface area contributed by atoms with Crippen LogP contribution < -0.4 is 26.8 Å². The first-order valence-electron chi connectivity index (χ1n) is 12.8. The molecule has 3 amide bonds. The predicted molar refractivity (Wildman–Crippen MR) is 152 cm³/mol. The van der Waals surface area contributed by atoms with Crippen LogP contribution in [0.1, 0.15) is 60.2 Å².